The second-order valence-electron chi connectivity index (χ2n) is 7.06. The highest BCUT2D eigenvalue weighted by molar-refractivity contribution is 7.10. The molecule has 3 atom stereocenters. The van der Waals surface area contributed by atoms with E-state index in [1.807, 2.05) is 53.9 Å². The van der Waals surface area contributed by atoms with Gasteiger partial charge in [0.05, 0.1) is 10.3 Å². The van der Waals surface area contributed by atoms with Crippen molar-refractivity contribution in [3.8, 4) is 5.75 Å². The van der Waals surface area contributed by atoms with Gasteiger partial charge in [0.2, 0.25) is 0 Å². The highest BCUT2D eigenvalue weighted by Crippen LogP contribution is 2.85. The number of benzene rings is 2. The van der Waals surface area contributed by atoms with Gasteiger partial charge in [0, 0.05) is 11.5 Å². The van der Waals surface area contributed by atoms with Crippen LogP contribution < -0.4 is 4.74 Å². The van der Waals surface area contributed by atoms with Gasteiger partial charge in [0.1, 0.15) is 11.6 Å². The normalized spacial score (nSPS) is 30.8. The quantitative estimate of drug-likeness (QED) is 0.442. The minimum absolute atomic E-state index is 0.106. The molecule has 2 aliphatic rings. The summed E-state index contributed by atoms with van der Waals surface area (Å²) in [5.74, 6) is 0.406. The average molecular weight is 405 g/mol. The summed E-state index contributed by atoms with van der Waals surface area (Å²) in [5, 5.41) is 2.00. The molecule has 0 unspecified atom stereocenters. The van der Waals surface area contributed by atoms with Gasteiger partial charge in [-0.25, -0.2) is 4.39 Å². The molecular weight excluding hydrogens is 390 g/mol. The topological polar surface area (TPSA) is 9.23 Å². The zero-order valence-corrected chi connectivity index (χ0v) is 16.2. The molecule has 1 aliphatic carbocycles. The smallest absolute Gasteiger partial charge is 0.186 e. The Labute approximate surface area is 165 Å². The highest BCUT2D eigenvalue weighted by atomic mass is 35.5. The maximum atomic E-state index is 13.5. The molecule has 3 aromatic rings. The maximum Gasteiger partial charge on any atom is 0.186 e. The lowest BCUT2D eigenvalue weighted by molar-refractivity contribution is 0.105. The van der Waals surface area contributed by atoms with Crippen molar-refractivity contribution in [2.24, 2.45) is 5.41 Å². The number of thiophene rings is 1. The lowest BCUT2D eigenvalue weighted by atomic mass is 9.75. The molecule has 5 rings (SSSR count). The molecule has 1 aliphatic heterocycles. The average Bonchev–Trinajstić information content (AvgIpc) is 3.02. The van der Waals surface area contributed by atoms with Crippen LogP contribution in [0.25, 0.3) is 0 Å². The molecule has 1 saturated carbocycles. The molecule has 0 saturated heterocycles. The van der Waals surface area contributed by atoms with Gasteiger partial charge < -0.3 is 4.74 Å². The Hall–Kier alpha value is -1.55. The molecule has 1 nitrogen and oxygen atoms in total. The third-order valence-corrected chi connectivity index (χ3v) is 8.19. The predicted molar refractivity (Wildman–Crippen MR) is 104 cm³/mol. The zero-order chi connectivity index (χ0) is 18.2. The van der Waals surface area contributed by atoms with Crippen molar-refractivity contribution in [3.05, 3.63) is 87.9 Å². The van der Waals surface area contributed by atoms with Crippen molar-refractivity contribution in [2.75, 3.05) is 0 Å². The molecule has 2 aromatic carbocycles. The van der Waals surface area contributed by atoms with E-state index in [0.717, 1.165) is 21.8 Å². The van der Waals surface area contributed by atoms with E-state index in [1.165, 1.54) is 12.1 Å². The second kappa shape index (κ2) is 5.25. The van der Waals surface area contributed by atoms with Crippen LogP contribution in [0, 0.1) is 11.2 Å². The van der Waals surface area contributed by atoms with Crippen molar-refractivity contribution >= 4 is 34.5 Å². The lowest BCUT2D eigenvalue weighted by Gasteiger charge is -2.36. The number of rotatable bonds is 2. The molecule has 0 N–H and O–H groups in total. The fourth-order valence-corrected chi connectivity index (χ4v) is 6.78. The standard InChI is InChI=1S/C21H15Cl2FOS/c1-19-18(13-8-10-14(24)11-9-13)15-5-2-3-6-16(15)25-20(19,21(19,22)23)17-7-4-12-26-17/h2-12,18H,1H3/t18-,19+,20-/m1/s1. The van der Waals surface area contributed by atoms with Crippen LogP contribution in [0.15, 0.2) is 66.0 Å². The van der Waals surface area contributed by atoms with E-state index in [1.54, 1.807) is 11.3 Å². The van der Waals surface area contributed by atoms with Crippen molar-refractivity contribution in [1.29, 1.82) is 0 Å². The zero-order valence-electron chi connectivity index (χ0n) is 13.9. The number of alkyl halides is 2. The van der Waals surface area contributed by atoms with E-state index in [2.05, 4.69) is 6.92 Å². The third-order valence-electron chi connectivity index (χ3n) is 5.91. The van der Waals surface area contributed by atoms with Gasteiger partial charge in [-0.05, 0) is 35.2 Å². The number of hydrogen-bond donors (Lipinski definition) is 0. The van der Waals surface area contributed by atoms with Gasteiger partial charge in [-0.2, -0.15) is 0 Å². The number of halogens is 3. The molecule has 0 radical (unpaired) electrons. The maximum absolute atomic E-state index is 13.5. The molecule has 1 fully saturated rings. The van der Waals surface area contributed by atoms with E-state index in [9.17, 15) is 4.39 Å². The Morgan fingerprint density at radius 3 is 2.42 bits per heavy atom. The first kappa shape index (κ1) is 16.6. The summed E-state index contributed by atoms with van der Waals surface area (Å²) in [7, 11) is 0. The molecule has 0 amide bonds. The van der Waals surface area contributed by atoms with E-state index < -0.39 is 15.3 Å². The first-order chi connectivity index (χ1) is 12.4. The van der Waals surface area contributed by atoms with Crippen LogP contribution in [0.5, 0.6) is 5.75 Å². The van der Waals surface area contributed by atoms with E-state index >= 15 is 0 Å². The molecule has 26 heavy (non-hydrogen) atoms. The Kier molecular flexibility index (Phi) is 3.35. The molecular formula is C21H15Cl2FOS. The van der Waals surface area contributed by atoms with Gasteiger partial charge in [-0.15, -0.1) is 11.3 Å². The summed E-state index contributed by atoms with van der Waals surface area (Å²) in [6.07, 6.45) is 0. The summed E-state index contributed by atoms with van der Waals surface area (Å²) < 4.78 is 18.9. The molecule has 0 bridgehead atoms. The van der Waals surface area contributed by atoms with Crippen molar-refractivity contribution < 1.29 is 9.13 Å². The van der Waals surface area contributed by atoms with E-state index in [0.29, 0.717) is 0 Å². The summed E-state index contributed by atoms with van der Waals surface area (Å²) in [4.78, 5) is 1.01. The van der Waals surface area contributed by atoms with E-state index in [4.69, 9.17) is 27.9 Å². The van der Waals surface area contributed by atoms with Gasteiger partial charge >= 0.3 is 0 Å². The number of ether oxygens (including phenoxy) is 1. The fraction of sp³-hybridized carbons (Fsp3) is 0.238. The van der Waals surface area contributed by atoms with Crippen molar-refractivity contribution in [2.45, 2.75) is 22.8 Å². The lowest BCUT2D eigenvalue weighted by Crippen LogP contribution is -2.32. The Bertz CT molecular complexity index is 986. The summed E-state index contributed by atoms with van der Waals surface area (Å²) in [6, 6.07) is 18.5. The largest absolute Gasteiger partial charge is 0.477 e. The fourth-order valence-electron chi connectivity index (χ4n) is 4.57. The van der Waals surface area contributed by atoms with Crippen LogP contribution in [0.2, 0.25) is 0 Å². The second-order valence-corrected chi connectivity index (χ2v) is 9.33. The highest BCUT2D eigenvalue weighted by Gasteiger charge is 2.92. The number of fused-ring (bicyclic) bond motifs is 2. The number of para-hydroxylation sites is 1. The Morgan fingerprint density at radius 1 is 1.00 bits per heavy atom. The van der Waals surface area contributed by atoms with Gasteiger partial charge in [-0.3, -0.25) is 0 Å². The van der Waals surface area contributed by atoms with Crippen LogP contribution in [-0.4, -0.2) is 4.33 Å². The van der Waals surface area contributed by atoms with Crippen LogP contribution in [0.3, 0.4) is 0 Å². The molecule has 132 valence electrons. The predicted octanol–water partition coefficient (Wildman–Crippen LogP) is 6.50. The van der Waals surface area contributed by atoms with Gasteiger partial charge in [0.15, 0.2) is 9.93 Å². The monoisotopic (exact) mass is 404 g/mol. The summed E-state index contributed by atoms with van der Waals surface area (Å²) >= 11 is 15.5. The Balaban J connectivity index is 1.79. The first-order valence-electron chi connectivity index (χ1n) is 8.39. The first-order valence-corrected chi connectivity index (χ1v) is 10.0. The minimum atomic E-state index is -1.11. The van der Waals surface area contributed by atoms with Crippen molar-refractivity contribution in [1.82, 2.24) is 0 Å². The molecule has 0 spiro atoms. The van der Waals surface area contributed by atoms with Crippen LogP contribution in [0.1, 0.15) is 28.8 Å². The van der Waals surface area contributed by atoms with Gasteiger partial charge in [-0.1, -0.05) is 66.5 Å². The molecule has 1 aromatic heterocycles. The minimum Gasteiger partial charge on any atom is -0.477 e. The SMILES string of the molecule is C[C@]12[C@H](c3ccc(F)cc3)c3ccccc3O[C@@]1(c1cccs1)C2(Cl)Cl. The van der Waals surface area contributed by atoms with Gasteiger partial charge in [0.25, 0.3) is 0 Å². The number of hydrogen-bond acceptors (Lipinski definition) is 2. The molecule has 2 heterocycles. The molecule has 5 heteroatoms. The van der Waals surface area contributed by atoms with Crippen LogP contribution in [0.4, 0.5) is 4.39 Å². The van der Waals surface area contributed by atoms with E-state index in [-0.39, 0.29) is 11.7 Å². The Morgan fingerprint density at radius 2 is 1.73 bits per heavy atom. The third kappa shape index (κ3) is 1.77. The summed E-state index contributed by atoms with van der Waals surface area (Å²) in [5.41, 5.74) is 0.593. The summed E-state index contributed by atoms with van der Waals surface area (Å²) in [6.45, 7) is 2.07. The van der Waals surface area contributed by atoms with Crippen LogP contribution >= 0.6 is 34.5 Å². The van der Waals surface area contributed by atoms with Crippen molar-refractivity contribution in [3.63, 3.8) is 0 Å². The van der Waals surface area contributed by atoms with Crippen LogP contribution in [-0.2, 0) is 5.60 Å².